The summed E-state index contributed by atoms with van der Waals surface area (Å²) < 4.78 is 0. The normalized spacial score (nSPS) is 7.89. The van der Waals surface area contributed by atoms with Gasteiger partial charge >= 0.3 is 0 Å². The fourth-order valence-electron chi connectivity index (χ4n) is 0.230. The van der Waals surface area contributed by atoms with Crippen molar-refractivity contribution in [3.05, 3.63) is 0 Å². The highest BCUT2D eigenvalue weighted by molar-refractivity contribution is 5.85. The number of amides is 1. The van der Waals surface area contributed by atoms with Crippen LogP contribution in [0, 0.1) is 0 Å². The highest BCUT2D eigenvalue weighted by atomic mass is 35.5. The second-order valence-corrected chi connectivity index (χ2v) is 1.28. The van der Waals surface area contributed by atoms with Crippen molar-refractivity contribution in [1.29, 1.82) is 0 Å². The molecular formula is C4H11ClN2O2. The van der Waals surface area contributed by atoms with Crippen molar-refractivity contribution >= 4 is 18.3 Å². The van der Waals surface area contributed by atoms with Gasteiger partial charge in [0.25, 0.3) is 5.91 Å². The average Bonchev–Trinajstić information content (AvgIpc) is 1.84. The molecule has 2 N–H and O–H groups in total. The molecule has 56 valence electrons. The molecule has 0 fully saturated rings. The maximum atomic E-state index is 10.4. The zero-order valence-electron chi connectivity index (χ0n) is 5.46. The number of hydrogen-bond acceptors (Lipinski definition) is 3. The Hall–Kier alpha value is -0.320. The first kappa shape index (κ1) is 11.5. The van der Waals surface area contributed by atoms with Gasteiger partial charge in [0.2, 0.25) is 0 Å². The standard InChI is InChI=1S/C4H10N2O2.ClH/c1-6(8-2)4(7)3-5;/h3,5H2,1-2H3;1H. The molecule has 5 heteroatoms. The zero-order chi connectivity index (χ0) is 6.57. The minimum atomic E-state index is -0.229. The van der Waals surface area contributed by atoms with Crippen molar-refractivity contribution < 1.29 is 9.63 Å². The first-order valence-corrected chi connectivity index (χ1v) is 2.23. The molecule has 9 heavy (non-hydrogen) atoms. The highest BCUT2D eigenvalue weighted by Crippen LogP contribution is 1.78. The Balaban J connectivity index is 0. The molecule has 1 amide bonds. The second kappa shape index (κ2) is 5.81. The number of halogens is 1. The predicted octanol–water partition coefficient (Wildman–Crippen LogP) is -0.613. The van der Waals surface area contributed by atoms with Crippen molar-refractivity contribution in [2.75, 3.05) is 20.7 Å². The molecule has 0 radical (unpaired) electrons. The lowest BCUT2D eigenvalue weighted by atomic mass is 10.6. The summed E-state index contributed by atoms with van der Waals surface area (Å²) in [5.74, 6) is -0.229. The van der Waals surface area contributed by atoms with E-state index in [9.17, 15) is 4.79 Å². The van der Waals surface area contributed by atoms with Crippen LogP contribution in [0.1, 0.15) is 0 Å². The summed E-state index contributed by atoms with van der Waals surface area (Å²) in [5, 5.41) is 1.08. The first-order valence-electron chi connectivity index (χ1n) is 2.23. The summed E-state index contributed by atoms with van der Waals surface area (Å²) in [7, 11) is 2.92. The Morgan fingerprint density at radius 2 is 2.22 bits per heavy atom. The topological polar surface area (TPSA) is 55.6 Å². The SMILES string of the molecule is CON(C)C(=O)CN.Cl. The molecule has 4 nitrogen and oxygen atoms in total. The third-order valence-electron chi connectivity index (χ3n) is 0.800. The Morgan fingerprint density at radius 1 is 1.78 bits per heavy atom. The van der Waals surface area contributed by atoms with Crippen LogP contribution in [0.2, 0.25) is 0 Å². The van der Waals surface area contributed by atoms with Gasteiger partial charge in [0.1, 0.15) is 0 Å². The average molecular weight is 155 g/mol. The number of hydrogen-bond donors (Lipinski definition) is 1. The first-order chi connectivity index (χ1) is 3.72. The van der Waals surface area contributed by atoms with E-state index in [2.05, 4.69) is 4.84 Å². The van der Waals surface area contributed by atoms with Gasteiger partial charge in [-0.3, -0.25) is 9.63 Å². The van der Waals surface area contributed by atoms with Crippen molar-refractivity contribution in [3.63, 3.8) is 0 Å². The summed E-state index contributed by atoms with van der Waals surface area (Å²) >= 11 is 0. The van der Waals surface area contributed by atoms with Gasteiger partial charge in [-0.15, -0.1) is 12.4 Å². The minimum Gasteiger partial charge on any atom is -0.322 e. The lowest BCUT2D eigenvalue weighted by Crippen LogP contribution is -2.31. The van der Waals surface area contributed by atoms with Gasteiger partial charge in [-0.2, -0.15) is 0 Å². The molecule has 0 aromatic rings. The summed E-state index contributed by atoms with van der Waals surface area (Å²) in [6.07, 6.45) is 0. The zero-order valence-corrected chi connectivity index (χ0v) is 6.27. The molecule has 0 bridgehead atoms. The molecule has 0 aliphatic heterocycles. The van der Waals surface area contributed by atoms with Gasteiger partial charge in [-0.05, 0) is 0 Å². The number of likely N-dealkylation sites (N-methyl/N-ethyl adjacent to an activating group) is 1. The van der Waals surface area contributed by atoms with Crippen LogP contribution in [0.5, 0.6) is 0 Å². The molecule has 0 rings (SSSR count). The molecule has 0 aromatic carbocycles. The van der Waals surface area contributed by atoms with E-state index < -0.39 is 0 Å². The van der Waals surface area contributed by atoms with Gasteiger partial charge in [-0.25, -0.2) is 5.06 Å². The van der Waals surface area contributed by atoms with E-state index in [1.165, 1.54) is 14.2 Å². The maximum Gasteiger partial charge on any atom is 0.259 e. The fourth-order valence-corrected chi connectivity index (χ4v) is 0.230. The van der Waals surface area contributed by atoms with Crippen LogP contribution in [0.25, 0.3) is 0 Å². The van der Waals surface area contributed by atoms with Crippen LogP contribution in [-0.2, 0) is 9.63 Å². The van der Waals surface area contributed by atoms with Crippen molar-refractivity contribution in [2.24, 2.45) is 5.73 Å². The van der Waals surface area contributed by atoms with Crippen LogP contribution in [-0.4, -0.2) is 31.7 Å². The Labute approximate surface area is 60.3 Å². The highest BCUT2D eigenvalue weighted by Gasteiger charge is 2.01. The summed E-state index contributed by atoms with van der Waals surface area (Å²) in [4.78, 5) is 14.9. The van der Waals surface area contributed by atoms with Crippen LogP contribution >= 0.6 is 12.4 Å². The number of rotatable bonds is 2. The Kier molecular flexibility index (Phi) is 7.41. The molecule has 0 aliphatic rings. The molecule has 0 saturated heterocycles. The van der Waals surface area contributed by atoms with E-state index >= 15 is 0 Å². The van der Waals surface area contributed by atoms with E-state index in [4.69, 9.17) is 5.73 Å². The van der Waals surface area contributed by atoms with Crippen LogP contribution < -0.4 is 5.73 Å². The third kappa shape index (κ3) is 4.20. The Morgan fingerprint density at radius 3 is 2.33 bits per heavy atom. The molecule has 0 heterocycles. The summed E-state index contributed by atoms with van der Waals surface area (Å²) in [6, 6.07) is 0. The van der Waals surface area contributed by atoms with Crippen LogP contribution in [0.4, 0.5) is 0 Å². The van der Waals surface area contributed by atoms with Crippen molar-refractivity contribution in [2.45, 2.75) is 0 Å². The third-order valence-corrected chi connectivity index (χ3v) is 0.800. The van der Waals surface area contributed by atoms with Gasteiger partial charge in [-0.1, -0.05) is 0 Å². The number of carbonyl (C=O) groups is 1. The van der Waals surface area contributed by atoms with Crippen LogP contribution in [0.3, 0.4) is 0 Å². The molecule has 0 atom stereocenters. The van der Waals surface area contributed by atoms with Gasteiger partial charge in [0.15, 0.2) is 0 Å². The molecule has 0 aliphatic carbocycles. The van der Waals surface area contributed by atoms with Gasteiger partial charge in [0.05, 0.1) is 13.7 Å². The van der Waals surface area contributed by atoms with Gasteiger partial charge < -0.3 is 5.73 Å². The van der Waals surface area contributed by atoms with E-state index in [1.54, 1.807) is 0 Å². The molecule has 0 aromatic heterocycles. The van der Waals surface area contributed by atoms with E-state index in [-0.39, 0.29) is 24.9 Å². The fraction of sp³-hybridized carbons (Fsp3) is 0.750. The monoisotopic (exact) mass is 154 g/mol. The van der Waals surface area contributed by atoms with E-state index in [0.717, 1.165) is 5.06 Å². The number of carbonyl (C=O) groups excluding carboxylic acids is 1. The summed E-state index contributed by atoms with van der Waals surface area (Å²) in [5.41, 5.74) is 4.98. The smallest absolute Gasteiger partial charge is 0.259 e. The van der Waals surface area contributed by atoms with Crippen molar-refractivity contribution in [1.82, 2.24) is 5.06 Å². The summed E-state index contributed by atoms with van der Waals surface area (Å²) in [6.45, 7) is -0.00958. The van der Waals surface area contributed by atoms with E-state index in [0.29, 0.717) is 0 Å². The molecule has 0 saturated carbocycles. The molecule has 0 spiro atoms. The number of hydroxylamine groups is 2. The number of nitrogens with two attached hydrogens (primary N) is 1. The van der Waals surface area contributed by atoms with Gasteiger partial charge in [0, 0.05) is 7.05 Å². The lowest BCUT2D eigenvalue weighted by Gasteiger charge is -2.10. The maximum absolute atomic E-state index is 10.4. The lowest BCUT2D eigenvalue weighted by molar-refractivity contribution is -0.166. The predicted molar refractivity (Wildman–Crippen MR) is 36.1 cm³/mol. The minimum absolute atomic E-state index is 0. The number of nitrogens with zero attached hydrogens (tertiary/aromatic N) is 1. The second-order valence-electron chi connectivity index (χ2n) is 1.28. The van der Waals surface area contributed by atoms with Crippen LogP contribution in [0.15, 0.2) is 0 Å². The van der Waals surface area contributed by atoms with E-state index in [1.807, 2.05) is 0 Å². The largest absolute Gasteiger partial charge is 0.322 e. The molecule has 0 unspecified atom stereocenters. The molecular weight excluding hydrogens is 144 g/mol. The van der Waals surface area contributed by atoms with Crippen molar-refractivity contribution in [3.8, 4) is 0 Å². The Bertz CT molecular complexity index is 88.6. The quantitative estimate of drug-likeness (QED) is 0.540.